The zero-order chi connectivity index (χ0) is 49.0. The molecule has 67 heavy (non-hydrogen) atoms. The number of thioether (sulfide) groups is 1. The third-order valence-electron chi connectivity index (χ3n) is 13.7. The third kappa shape index (κ3) is 8.35. The summed E-state index contributed by atoms with van der Waals surface area (Å²) in [5.41, 5.74) is -8.36. The second-order valence-corrected chi connectivity index (χ2v) is 20.2. The molecule has 2 saturated heterocycles. The van der Waals surface area contributed by atoms with Crippen molar-refractivity contribution in [2.24, 2.45) is 16.7 Å². The molecular weight excluding hydrogens is 895 g/mol. The van der Waals surface area contributed by atoms with Crippen molar-refractivity contribution in [1.82, 2.24) is 5.32 Å². The molecule has 4 fully saturated rings. The van der Waals surface area contributed by atoms with Crippen LogP contribution in [0.1, 0.15) is 90.7 Å². The zero-order valence-electron chi connectivity index (χ0n) is 39.0. The molecule has 1 amide bonds. The lowest BCUT2D eigenvalue weighted by Crippen LogP contribution is -2.83. The maximum Gasteiger partial charge on any atom is 0.509 e. The maximum absolute atomic E-state index is 16.1. The number of esters is 3. The van der Waals surface area contributed by atoms with Crippen molar-refractivity contribution in [3.8, 4) is 0 Å². The van der Waals surface area contributed by atoms with E-state index in [1.54, 1.807) is 90.1 Å². The van der Waals surface area contributed by atoms with Gasteiger partial charge in [0.15, 0.2) is 41.9 Å². The van der Waals surface area contributed by atoms with Crippen LogP contribution in [0.2, 0.25) is 0 Å². The van der Waals surface area contributed by atoms with Crippen LogP contribution in [-0.2, 0) is 57.0 Å². The minimum Gasteiger partial charge on any atom is -0.454 e. The number of hydrogen-bond donors (Lipinski definition) is 2. The number of methoxy groups -OCH3 is 1. The molecule has 2 aromatic rings. The van der Waals surface area contributed by atoms with Crippen molar-refractivity contribution in [1.29, 1.82) is 0 Å². The van der Waals surface area contributed by atoms with Gasteiger partial charge < -0.3 is 53.1 Å². The van der Waals surface area contributed by atoms with Crippen LogP contribution in [-0.4, -0.2) is 125 Å². The van der Waals surface area contributed by atoms with Gasteiger partial charge in [0, 0.05) is 31.6 Å². The Morgan fingerprint density at radius 1 is 0.955 bits per heavy atom. The van der Waals surface area contributed by atoms with Crippen molar-refractivity contribution >= 4 is 53.0 Å². The topological polar surface area (TPSA) is 235 Å². The number of alkyl carbamates (subject to hydrolysis) is 1. The number of amides is 1. The molecule has 2 heterocycles. The van der Waals surface area contributed by atoms with Crippen LogP contribution in [0.3, 0.4) is 0 Å². The van der Waals surface area contributed by atoms with E-state index in [1.807, 2.05) is 0 Å². The first-order valence-corrected chi connectivity index (χ1v) is 23.0. The van der Waals surface area contributed by atoms with Gasteiger partial charge in [-0.2, -0.15) is 0 Å². The van der Waals surface area contributed by atoms with Crippen LogP contribution in [0.4, 0.5) is 14.4 Å². The lowest BCUT2D eigenvalue weighted by molar-refractivity contribution is -0.347. The van der Waals surface area contributed by atoms with E-state index in [1.165, 1.54) is 40.0 Å². The highest BCUT2D eigenvalue weighted by Gasteiger charge is 2.83. The summed E-state index contributed by atoms with van der Waals surface area (Å²) < 4.78 is 55.4. The van der Waals surface area contributed by atoms with E-state index in [-0.39, 0.29) is 41.1 Å². The summed E-state index contributed by atoms with van der Waals surface area (Å²) in [6.07, 6.45) is -13.7. The molecule has 2 saturated carbocycles. The molecular formula is C48H57NO17S. The lowest BCUT2D eigenvalue weighted by Gasteiger charge is -2.67. The van der Waals surface area contributed by atoms with Gasteiger partial charge in [-0.1, -0.05) is 69.3 Å². The molecule has 7 rings (SSSR count). The van der Waals surface area contributed by atoms with E-state index in [9.17, 15) is 33.9 Å². The minimum atomic E-state index is -2.34. The predicted molar refractivity (Wildman–Crippen MR) is 235 cm³/mol. The lowest BCUT2D eigenvalue weighted by atomic mass is 9.44. The van der Waals surface area contributed by atoms with Gasteiger partial charge in [0.25, 0.3) is 0 Å². The molecule has 2 aliphatic heterocycles. The van der Waals surface area contributed by atoms with Crippen LogP contribution in [0.15, 0.2) is 71.8 Å². The van der Waals surface area contributed by atoms with Crippen LogP contribution < -0.4 is 5.32 Å². The molecule has 18 nitrogen and oxygen atoms in total. The molecule has 2 N–H and O–H groups in total. The molecule has 362 valence electrons. The summed E-state index contributed by atoms with van der Waals surface area (Å²) in [6, 6.07) is 14.5. The average molecular weight is 952 g/mol. The van der Waals surface area contributed by atoms with Crippen molar-refractivity contribution < 1.29 is 81.3 Å². The van der Waals surface area contributed by atoms with Gasteiger partial charge in [0.05, 0.1) is 35.6 Å². The second-order valence-electron chi connectivity index (χ2n) is 19.0. The van der Waals surface area contributed by atoms with Gasteiger partial charge in [-0.3, -0.25) is 9.59 Å². The number of fused-ring (bicyclic) bond motifs is 4. The van der Waals surface area contributed by atoms with Crippen LogP contribution in [0.25, 0.3) is 0 Å². The Bertz CT molecular complexity index is 2330. The zero-order valence-corrected chi connectivity index (χ0v) is 39.8. The van der Waals surface area contributed by atoms with Gasteiger partial charge in [-0.15, -0.1) is 0 Å². The first kappa shape index (κ1) is 49.4. The first-order chi connectivity index (χ1) is 31.5. The number of rotatable bonds is 11. The number of hydrogen-bond acceptors (Lipinski definition) is 18. The summed E-state index contributed by atoms with van der Waals surface area (Å²) in [6.45, 7) is 13.7. The highest BCUT2D eigenvalue weighted by atomic mass is 32.2. The fourth-order valence-corrected chi connectivity index (χ4v) is 11.4. The van der Waals surface area contributed by atoms with Crippen molar-refractivity contribution in [3.63, 3.8) is 0 Å². The van der Waals surface area contributed by atoms with Gasteiger partial charge in [0.2, 0.25) is 5.60 Å². The largest absolute Gasteiger partial charge is 0.509 e. The number of ether oxygens (including phenoxy) is 9. The summed E-state index contributed by atoms with van der Waals surface area (Å²) >= 11 is 0.776. The Labute approximate surface area is 392 Å². The first-order valence-electron chi connectivity index (χ1n) is 22.0. The summed E-state index contributed by atoms with van der Waals surface area (Å²) in [4.78, 5) is 99.7. The summed E-state index contributed by atoms with van der Waals surface area (Å²) in [5, 5.41) is 13.6. The van der Waals surface area contributed by atoms with E-state index < -0.39 is 124 Å². The minimum absolute atomic E-state index is 0.000287. The molecule has 0 aromatic heterocycles. The number of ketones is 1. The van der Waals surface area contributed by atoms with Gasteiger partial charge in [0.1, 0.15) is 11.7 Å². The Morgan fingerprint density at radius 3 is 2.16 bits per heavy atom. The highest BCUT2D eigenvalue weighted by molar-refractivity contribution is 8.13. The number of Topliss-reactive ketones (excluding diaryl/α,β-unsaturated/α-hetero) is 1. The smallest absolute Gasteiger partial charge is 0.454 e. The van der Waals surface area contributed by atoms with Gasteiger partial charge >= 0.3 is 35.5 Å². The quantitative estimate of drug-likeness (QED) is 0.150. The Hall–Kier alpha value is -5.50. The van der Waals surface area contributed by atoms with Gasteiger partial charge in [-0.25, -0.2) is 24.0 Å². The molecule has 19 heteroatoms. The Morgan fingerprint density at radius 2 is 1.60 bits per heavy atom. The van der Waals surface area contributed by atoms with E-state index in [2.05, 4.69) is 5.32 Å². The molecule has 12 atom stereocenters. The number of aliphatic hydroxyl groups is 1. The maximum atomic E-state index is 16.1. The molecule has 0 radical (unpaired) electrons. The Kier molecular flexibility index (Phi) is 13.4. The van der Waals surface area contributed by atoms with E-state index >= 15 is 4.79 Å². The van der Waals surface area contributed by atoms with Crippen molar-refractivity contribution in [2.45, 2.75) is 134 Å². The number of benzene rings is 2. The number of aliphatic hydroxyl groups excluding tert-OH is 1. The fraction of sp³-hybridized carbons (Fsp3) is 0.562. The molecule has 0 unspecified atom stereocenters. The number of nitrogens with one attached hydrogen (secondary N) is 1. The molecule has 5 aliphatic rings. The number of carbonyl (C=O) groups is 7. The van der Waals surface area contributed by atoms with E-state index in [0.29, 0.717) is 0 Å². The van der Waals surface area contributed by atoms with Crippen molar-refractivity contribution in [2.75, 3.05) is 19.5 Å². The van der Waals surface area contributed by atoms with Crippen LogP contribution in [0.5, 0.6) is 0 Å². The van der Waals surface area contributed by atoms with Crippen LogP contribution >= 0.6 is 11.8 Å². The fourth-order valence-electron chi connectivity index (χ4n) is 11.0. The third-order valence-corrected chi connectivity index (χ3v) is 14.3. The SMILES string of the molecule is CCSC(=O)O[C@H]1C(=O)[C@]2(C)[C@@H](OC)C[C@H]3OC[C@@]3(OC(C)=O)[C@H]2[C@H](OC(=O)c2ccccc2)[C@]23OC(=O)O[C@H]2[C@H](OC(=O)[C@H](O)[C@@H](NC(=O)OC(C)(C)C)c2ccccc2)C(C)=C1C3(C)C. The normalized spacial score (nSPS) is 32.4. The summed E-state index contributed by atoms with van der Waals surface area (Å²) in [5.74, 6) is -5.10. The molecule has 2 bridgehead atoms. The average Bonchev–Trinajstić information content (AvgIpc) is 3.62. The molecule has 3 aliphatic carbocycles. The number of carbonyl (C=O) groups excluding carboxylic acids is 7. The monoisotopic (exact) mass is 951 g/mol. The molecule has 2 aromatic carbocycles. The van der Waals surface area contributed by atoms with E-state index in [0.717, 1.165) is 11.8 Å². The predicted octanol–water partition coefficient (Wildman–Crippen LogP) is 5.96. The van der Waals surface area contributed by atoms with Crippen LogP contribution in [0, 0.1) is 16.7 Å². The van der Waals surface area contributed by atoms with Gasteiger partial charge in [-0.05, 0) is 75.2 Å². The second kappa shape index (κ2) is 18.2. The van der Waals surface area contributed by atoms with Crippen molar-refractivity contribution in [3.05, 3.63) is 82.9 Å². The standard InChI is InChI=1S/C48H57NO17S/c1-11-67-43(57)61-34-30-24(2)33(60-40(54)32(51)31(26-18-14-12-15-19-26)49-41(55)65-44(4,5)6)37-48(45(30,7)8,66-42(56)63-37)38(62-39(53)27-20-16-13-17-21-27)35-46(9,36(34)52)28(58-10)22-29-47(35,23-59-29)64-25(3)50/h12-21,28-29,31-35,37-38,51H,11,22-23H2,1-10H3,(H,49,55)/t28-,29+,31-,32+,33+,34+,35-,37-,38-,46+,47-,48+/m0/s1. The Balaban J connectivity index is 1.49. The van der Waals surface area contributed by atoms with E-state index in [4.69, 9.17) is 42.6 Å². The summed E-state index contributed by atoms with van der Waals surface area (Å²) in [7, 11) is 1.37. The highest BCUT2D eigenvalue weighted by Crippen LogP contribution is 2.67. The molecule has 1 spiro atoms.